The van der Waals surface area contributed by atoms with Crippen molar-refractivity contribution < 1.29 is 8.42 Å². The predicted octanol–water partition coefficient (Wildman–Crippen LogP) is 6.44. The van der Waals surface area contributed by atoms with E-state index in [1.807, 2.05) is 55.5 Å². The zero-order valence-corrected chi connectivity index (χ0v) is 20.8. The summed E-state index contributed by atoms with van der Waals surface area (Å²) < 4.78 is 28.6. The number of sulfonamides is 1. The Hall–Kier alpha value is -1.31. The van der Waals surface area contributed by atoms with Crippen LogP contribution in [0, 0.1) is 0 Å². The molecule has 0 aliphatic carbocycles. The highest BCUT2D eigenvalue weighted by Crippen LogP contribution is 2.37. The van der Waals surface area contributed by atoms with E-state index in [9.17, 15) is 8.42 Å². The molecule has 1 N–H and O–H groups in total. The van der Waals surface area contributed by atoms with Crippen LogP contribution in [-0.2, 0) is 10.0 Å². The Morgan fingerprint density at radius 2 is 1.28 bits per heavy atom. The average Bonchev–Trinajstić information content (AvgIpc) is 2.74. The van der Waals surface area contributed by atoms with Crippen molar-refractivity contribution in [2.24, 2.45) is 0 Å². The van der Waals surface area contributed by atoms with Crippen molar-refractivity contribution in [2.75, 3.05) is 6.54 Å². The van der Waals surface area contributed by atoms with Crippen LogP contribution in [0.1, 0.15) is 24.1 Å². The highest BCUT2D eigenvalue weighted by molar-refractivity contribution is 7.89. The molecule has 0 amide bonds. The number of likely N-dealkylation sites (tertiary alicyclic amines) is 1. The summed E-state index contributed by atoms with van der Waals surface area (Å²) in [7, 11) is -3.77. The first-order chi connectivity index (χ1) is 15.1. The van der Waals surface area contributed by atoms with Gasteiger partial charge in [0.2, 0.25) is 10.0 Å². The first kappa shape index (κ1) is 23.8. The van der Waals surface area contributed by atoms with E-state index in [0.717, 1.165) is 11.1 Å². The van der Waals surface area contributed by atoms with E-state index in [0.29, 0.717) is 16.6 Å². The van der Waals surface area contributed by atoms with Crippen LogP contribution < -0.4 is 4.72 Å². The van der Waals surface area contributed by atoms with Gasteiger partial charge in [-0.1, -0.05) is 70.7 Å². The highest BCUT2D eigenvalue weighted by Gasteiger charge is 2.42. The molecule has 0 saturated carbocycles. The monoisotopic (exact) mass is 528 g/mol. The van der Waals surface area contributed by atoms with Gasteiger partial charge >= 0.3 is 0 Å². The molecule has 32 heavy (non-hydrogen) atoms. The average molecular weight is 530 g/mol. The van der Waals surface area contributed by atoms with E-state index in [2.05, 4.69) is 9.62 Å². The van der Waals surface area contributed by atoms with Crippen LogP contribution in [0.15, 0.2) is 71.6 Å². The molecule has 4 rings (SSSR count). The van der Waals surface area contributed by atoms with Crippen LogP contribution in [-0.4, -0.2) is 31.9 Å². The molecule has 1 aliphatic rings. The van der Waals surface area contributed by atoms with E-state index in [1.54, 1.807) is 0 Å². The molecular weight excluding hydrogens is 510 g/mol. The summed E-state index contributed by atoms with van der Waals surface area (Å²) in [6, 6.07) is 19.2. The Morgan fingerprint density at radius 1 is 0.812 bits per heavy atom. The lowest BCUT2D eigenvalue weighted by atomic mass is 9.89. The minimum absolute atomic E-state index is 0.0487. The number of hydrogen-bond acceptors (Lipinski definition) is 3. The zero-order valence-electron chi connectivity index (χ0n) is 17.0. The van der Waals surface area contributed by atoms with Crippen LogP contribution in [0.2, 0.25) is 20.1 Å². The van der Waals surface area contributed by atoms with Gasteiger partial charge in [-0.15, -0.1) is 0 Å². The van der Waals surface area contributed by atoms with Crippen LogP contribution >= 0.6 is 46.4 Å². The lowest BCUT2D eigenvalue weighted by Gasteiger charge is -2.50. The largest absolute Gasteiger partial charge is 0.286 e. The summed E-state index contributed by atoms with van der Waals surface area (Å²) in [6.45, 7) is 2.53. The van der Waals surface area contributed by atoms with Gasteiger partial charge in [0.05, 0.1) is 17.0 Å². The molecule has 1 aliphatic heterocycles. The van der Waals surface area contributed by atoms with E-state index in [-0.39, 0.29) is 33.1 Å². The Balaban J connectivity index is 1.57. The Bertz CT molecular complexity index is 1150. The molecule has 1 fully saturated rings. The second-order valence-electron chi connectivity index (χ2n) is 7.78. The predicted molar refractivity (Wildman–Crippen MR) is 131 cm³/mol. The van der Waals surface area contributed by atoms with Crippen molar-refractivity contribution in [3.8, 4) is 0 Å². The number of hydrogen-bond donors (Lipinski definition) is 1. The molecule has 0 bridgehead atoms. The number of rotatable bonds is 6. The summed E-state index contributed by atoms with van der Waals surface area (Å²) in [5, 5.41) is 1.86. The summed E-state index contributed by atoms with van der Waals surface area (Å²) in [4.78, 5) is 2.29. The fourth-order valence-electron chi connectivity index (χ4n) is 3.93. The molecule has 9 heteroatoms. The Labute approximate surface area is 208 Å². The van der Waals surface area contributed by atoms with Gasteiger partial charge in [0.25, 0.3) is 0 Å². The molecule has 0 unspecified atom stereocenters. The lowest BCUT2D eigenvalue weighted by molar-refractivity contribution is 0.0370. The van der Waals surface area contributed by atoms with E-state index >= 15 is 0 Å². The first-order valence-electron chi connectivity index (χ1n) is 9.89. The molecular formula is C23H20Cl4N2O2S. The summed E-state index contributed by atoms with van der Waals surface area (Å²) in [5.74, 6) is 0. The molecule has 0 spiro atoms. The molecule has 0 aromatic heterocycles. The third-order valence-corrected chi connectivity index (χ3v) is 8.08. The van der Waals surface area contributed by atoms with E-state index in [1.165, 1.54) is 18.2 Å². The molecule has 2 atom stereocenters. The van der Waals surface area contributed by atoms with Gasteiger partial charge in [-0.3, -0.25) is 4.90 Å². The van der Waals surface area contributed by atoms with Crippen molar-refractivity contribution in [1.82, 2.24) is 9.62 Å². The van der Waals surface area contributed by atoms with Gasteiger partial charge in [0.15, 0.2) is 0 Å². The van der Waals surface area contributed by atoms with Crippen molar-refractivity contribution >= 4 is 56.4 Å². The quantitative estimate of drug-likeness (QED) is 0.399. The topological polar surface area (TPSA) is 49.4 Å². The molecule has 1 saturated heterocycles. The summed E-state index contributed by atoms with van der Waals surface area (Å²) >= 11 is 24.2. The molecule has 3 aromatic rings. The maximum absolute atomic E-state index is 12.9. The minimum Gasteiger partial charge on any atom is -0.286 e. The van der Waals surface area contributed by atoms with E-state index < -0.39 is 10.0 Å². The minimum atomic E-state index is -3.77. The fraction of sp³-hybridized carbons (Fsp3) is 0.217. The first-order valence-corrected chi connectivity index (χ1v) is 12.9. The second kappa shape index (κ2) is 9.51. The van der Waals surface area contributed by atoms with Crippen molar-refractivity contribution in [3.05, 3.63) is 97.9 Å². The van der Waals surface area contributed by atoms with Crippen molar-refractivity contribution in [1.29, 1.82) is 0 Å². The van der Waals surface area contributed by atoms with Crippen LogP contribution in [0.3, 0.4) is 0 Å². The van der Waals surface area contributed by atoms with Gasteiger partial charge in [-0.05, 0) is 60.5 Å². The smallest absolute Gasteiger partial charge is 0.241 e. The maximum atomic E-state index is 12.9. The number of benzene rings is 3. The third-order valence-electron chi connectivity index (χ3n) is 5.67. The molecule has 0 radical (unpaired) electrons. The summed E-state index contributed by atoms with van der Waals surface area (Å²) in [5.41, 5.74) is 2.12. The van der Waals surface area contributed by atoms with Gasteiger partial charge < -0.3 is 0 Å². The third kappa shape index (κ3) is 5.10. The normalized spacial score (nSPS) is 19.2. The van der Waals surface area contributed by atoms with Gasteiger partial charge in [0.1, 0.15) is 0 Å². The van der Waals surface area contributed by atoms with Crippen molar-refractivity contribution in [2.45, 2.75) is 29.9 Å². The maximum Gasteiger partial charge on any atom is 0.241 e. The van der Waals surface area contributed by atoms with Crippen LogP contribution in [0.25, 0.3) is 0 Å². The van der Waals surface area contributed by atoms with Gasteiger partial charge in [0, 0.05) is 32.7 Å². The lowest BCUT2D eigenvalue weighted by Crippen LogP contribution is -2.66. The van der Waals surface area contributed by atoms with Gasteiger partial charge in [-0.2, -0.15) is 0 Å². The zero-order chi connectivity index (χ0) is 23.0. The SMILES string of the molecule is C[C@H]1[C@H](NS(=O)(=O)c2cc(Cl)cc(Cl)c2)CN1C(c1ccc(Cl)cc1)c1ccc(Cl)cc1. The second-order valence-corrected chi connectivity index (χ2v) is 11.2. The highest BCUT2D eigenvalue weighted by atomic mass is 35.5. The van der Waals surface area contributed by atoms with Crippen molar-refractivity contribution in [3.63, 3.8) is 0 Å². The standard InChI is InChI=1S/C23H20Cl4N2O2S/c1-14-22(28-32(30,31)21-11-19(26)10-20(27)12-21)13-29(14)23(15-2-6-17(24)7-3-15)16-4-8-18(25)9-5-16/h2-12,14,22-23,28H,13H2,1H3/t14-,22+/m0/s1. The fourth-order valence-corrected chi connectivity index (χ4v) is 6.21. The molecule has 168 valence electrons. The Kier molecular flexibility index (Phi) is 7.08. The van der Waals surface area contributed by atoms with Crippen LogP contribution in [0.5, 0.6) is 0 Å². The summed E-state index contributed by atoms with van der Waals surface area (Å²) in [6.07, 6.45) is 0. The van der Waals surface area contributed by atoms with Crippen LogP contribution in [0.4, 0.5) is 0 Å². The molecule has 1 heterocycles. The number of nitrogens with zero attached hydrogens (tertiary/aromatic N) is 1. The van der Waals surface area contributed by atoms with E-state index in [4.69, 9.17) is 46.4 Å². The van der Waals surface area contributed by atoms with Gasteiger partial charge in [-0.25, -0.2) is 13.1 Å². The number of nitrogens with one attached hydrogen (secondary N) is 1. The molecule has 3 aromatic carbocycles. The number of halogens is 4. The Morgan fingerprint density at radius 3 is 1.72 bits per heavy atom. The molecule has 4 nitrogen and oxygen atoms in total.